The van der Waals surface area contributed by atoms with Gasteiger partial charge in [-0.25, -0.2) is 0 Å². The molecule has 0 amide bonds. The van der Waals surface area contributed by atoms with E-state index in [2.05, 4.69) is 86.6 Å². The monoisotopic (exact) mass is 274 g/mol. The normalized spacial score (nSPS) is 15.2. The molecule has 0 spiro atoms. The molecule has 0 N–H and O–H groups in total. The predicted molar refractivity (Wildman–Crippen MR) is 91.4 cm³/mol. The highest BCUT2D eigenvalue weighted by Gasteiger charge is 2.30. The fourth-order valence-electron chi connectivity index (χ4n) is 2.75. The molecular formula is C20H34. The molecule has 0 bridgehead atoms. The molecule has 114 valence electrons. The molecule has 1 atom stereocenters. The minimum atomic E-state index is 0.236. The molecule has 1 rings (SSSR count). The van der Waals surface area contributed by atoms with Crippen molar-refractivity contribution in [3.63, 3.8) is 0 Å². The second-order valence-corrected chi connectivity index (χ2v) is 9.56. The topological polar surface area (TPSA) is 0 Å². The molecule has 0 radical (unpaired) electrons. The second kappa shape index (κ2) is 5.54. The van der Waals surface area contributed by atoms with Crippen LogP contribution >= 0.6 is 0 Å². The van der Waals surface area contributed by atoms with Crippen LogP contribution in [0.15, 0.2) is 24.3 Å². The molecule has 0 heteroatoms. The van der Waals surface area contributed by atoms with E-state index in [9.17, 15) is 0 Å². The summed E-state index contributed by atoms with van der Waals surface area (Å²) in [5.41, 5.74) is 3.81. The van der Waals surface area contributed by atoms with Gasteiger partial charge in [0.2, 0.25) is 0 Å². The van der Waals surface area contributed by atoms with Crippen LogP contribution < -0.4 is 0 Å². The minimum Gasteiger partial charge on any atom is -0.0602 e. The van der Waals surface area contributed by atoms with Crippen molar-refractivity contribution >= 4 is 0 Å². The van der Waals surface area contributed by atoms with Crippen LogP contribution in [0.1, 0.15) is 85.8 Å². The molecule has 0 aliphatic rings. The lowest BCUT2D eigenvalue weighted by Crippen LogP contribution is -2.24. The average Bonchev–Trinajstić information content (AvgIpc) is 2.22. The van der Waals surface area contributed by atoms with E-state index < -0.39 is 0 Å². The Morgan fingerprint density at radius 2 is 1.20 bits per heavy atom. The van der Waals surface area contributed by atoms with Crippen molar-refractivity contribution in [3.05, 3.63) is 35.4 Å². The van der Waals surface area contributed by atoms with Crippen LogP contribution in [0.25, 0.3) is 0 Å². The molecule has 0 nitrogen and oxygen atoms in total. The second-order valence-electron chi connectivity index (χ2n) is 9.56. The summed E-state index contributed by atoms with van der Waals surface area (Å²) in [7, 11) is 0. The fraction of sp³-hybridized carbons (Fsp3) is 0.700. The van der Waals surface area contributed by atoms with E-state index in [0.29, 0.717) is 16.7 Å². The molecule has 20 heavy (non-hydrogen) atoms. The van der Waals surface area contributed by atoms with Crippen molar-refractivity contribution in [2.24, 2.45) is 10.8 Å². The van der Waals surface area contributed by atoms with E-state index in [-0.39, 0.29) is 5.41 Å². The summed E-state index contributed by atoms with van der Waals surface area (Å²) in [5.74, 6) is 0.608. The Bertz CT molecular complexity index is 415. The van der Waals surface area contributed by atoms with Gasteiger partial charge < -0.3 is 0 Å². The fourth-order valence-corrected chi connectivity index (χ4v) is 2.75. The first-order chi connectivity index (χ1) is 8.81. The van der Waals surface area contributed by atoms with Crippen LogP contribution in [0.3, 0.4) is 0 Å². The van der Waals surface area contributed by atoms with Gasteiger partial charge in [0, 0.05) is 0 Å². The summed E-state index contributed by atoms with van der Waals surface area (Å²) in [5, 5.41) is 0. The summed E-state index contributed by atoms with van der Waals surface area (Å²) in [6.07, 6.45) is 1.23. The first-order valence-electron chi connectivity index (χ1n) is 7.91. The van der Waals surface area contributed by atoms with Gasteiger partial charge in [0.15, 0.2) is 0 Å². The van der Waals surface area contributed by atoms with Crippen LogP contribution in [-0.4, -0.2) is 0 Å². The molecule has 1 aromatic rings. The van der Waals surface area contributed by atoms with Crippen LogP contribution in [-0.2, 0) is 5.41 Å². The Kier molecular flexibility index (Phi) is 4.79. The summed E-state index contributed by atoms with van der Waals surface area (Å²) in [6.45, 7) is 20.9. The highest BCUT2D eigenvalue weighted by molar-refractivity contribution is 5.30. The zero-order valence-corrected chi connectivity index (χ0v) is 15.1. The zero-order chi connectivity index (χ0) is 15.8. The molecule has 0 fully saturated rings. The molecule has 0 heterocycles. The van der Waals surface area contributed by atoms with Crippen LogP contribution in [0.4, 0.5) is 0 Å². The smallest absolute Gasteiger partial charge is 0.0108 e. The Balaban J connectivity index is 3.10. The minimum absolute atomic E-state index is 0.236. The molecular weight excluding hydrogens is 240 g/mol. The van der Waals surface area contributed by atoms with Gasteiger partial charge in [-0.3, -0.25) is 0 Å². The van der Waals surface area contributed by atoms with Gasteiger partial charge in [-0.15, -0.1) is 0 Å². The maximum atomic E-state index is 2.36. The number of rotatable bonds is 2. The molecule has 1 unspecified atom stereocenters. The lowest BCUT2D eigenvalue weighted by molar-refractivity contribution is 0.229. The van der Waals surface area contributed by atoms with Gasteiger partial charge in [-0.1, -0.05) is 86.6 Å². The average molecular weight is 274 g/mol. The van der Waals surface area contributed by atoms with Crippen molar-refractivity contribution < 1.29 is 0 Å². The lowest BCUT2D eigenvalue weighted by Gasteiger charge is -2.36. The highest BCUT2D eigenvalue weighted by Crippen LogP contribution is 2.43. The van der Waals surface area contributed by atoms with E-state index >= 15 is 0 Å². The van der Waals surface area contributed by atoms with Crippen molar-refractivity contribution in [1.82, 2.24) is 0 Å². The van der Waals surface area contributed by atoms with Crippen molar-refractivity contribution in [2.45, 2.75) is 80.1 Å². The Morgan fingerprint density at radius 1 is 0.750 bits per heavy atom. The summed E-state index contributed by atoms with van der Waals surface area (Å²) < 4.78 is 0. The number of hydrogen-bond donors (Lipinski definition) is 0. The predicted octanol–water partition coefficient (Wildman–Crippen LogP) is 6.55. The van der Waals surface area contributed by atoms with Crippen molar-refractivity contribution in [2.75, 3.05) is 0 Å². The number of benzene rings is 1. The van der Waals surface area contributed by atoms with Gasteiger partial charge in [0.1, 0.15) is 0 Å². The maximum absolute atomic E-state index is 2.36. The van der Waals surface area contributed by atoms with Gasteiger partial charge >= 0.3 is 0 Å². The van der Waals surface area contributed by atoms with E-state index in [4.69, 9.17) is 0 Å². The molecule has 0 saturated heterocycles. The largest absolute Gasteiger partial charge is 0.0602 e. The zero-order valence-electron chi connectivity index (χ0n) is 15.1. The Labute approximate surface area is 127 Å². The van der Waals surface area contributed by atoms with Crippen LogP contribution in [0.5, 0.6) is 0 Å². The van der Waals surface area contributed by atoms with E-state index in [1.165, 1.54) is 17.5 Å². The van der Waals surface area contributed by atoms with Gasteiger partial charge in [0.25, 0.3) is 0 Å². The first kappa shape index (κ1) is 17.3. The third-order valence-electron chi connectivity index (χ3n) is 4.04. The first-order valence-corrected chi connectivity index (χ1v) is 7.91. The Morgan fingerprint density at radius 3 is 1.50 bits per heavy atom. The number of hydrogen-bond acceptors (Lipinski definition) is 0. The molecule has 0 aliphatic heterocycles. The molecule has 0 saturated carbocycles. The highest BCUT2D eigenvalue weighted by atomic mass is 14.3. The Hall–Kier alpha value is -0.780. The SMILES string of the molecule is CC(C)(C)CC(c1ccc(C(C)(C)C)cc1)C(C)(C)C. The molecule has 0 aromatic heterocycles. The van der Waals surface area contributed by atoms with Crippen LogP contribution in [0, 0.1) is 10.8 Å². The van der Waals surface area contributed by atoms with E-state index in [0.717, 1.165) is 0 Å². The summed E-state index contributed by atoms with van der Waals surface area (Å²) in [4.78, 5) is 0. The van der Waals surface area contributed by atoms with E-state index in [1.807, 2.05) is 0 Å². The van der Waals surface area contributed by atoms with Crippen molar-refractivity contribution in [1.29, 1.82) is 0 Å². The van der Waals surface area contributed by atoms with E-state index in [1.54, 1.807) is 0 Å². The van der Waals surface area contributed by atoms with Gasteiger partial charge in [-0.05, 0) is 39.7 Å². The quantitative estimate of drug-likeness (QED) is 0.573. The van der Waals surface area contributed by atoms with Crippen molar-refractivity contribution in [3.8, 4) is 0 Å². The molecule has 0 aliphatic carbocycles. The van der Waals surface area contributed by atoms with Gasteiger partial charge in [-0.2, -0.15) is 0 Å². The molecule has 1 aromatic carbocycles. The summed E-state index contributed by atoms with van der Waals surface area (Å²) in [6, 6.07) is 9.33. The third kappa shape index (κ3) is 4.96. The van der Waals surface area contributed by atoms with Gasteiger partial charge in [0.05, 0.1) is 0 Å². The third-order valence-corrected chi connectivity index (χ3v) is 4.04. The maximum Gasteiger partial charge on any atom is -0.0108 e. The standard InChI is InChI=1S/C20H34/c1-18(2,3)14-17(20(7,8)9)15-10-12-16(13-11-15)19(4,5)6/h10-13,17H,14H2,1-9H3. The van der Waals surface area contributed by atoms with Crippen LogP contribution in [0.2, 0.25) is 0 Å². The lowest BCUT2D eigenvalue weighted by atomic mass is 9.69. The summed E-state index contributed by atoms with van der Waals surface area (Å²) >= 11 is 0.